The third kappa shape index (κ3) is 3.69. The van der Waals surface area contributed by atoms with E-state index < -0.39 is 0 Å². The largest absolute Gasteiger partial charge is 0.376 e. The number of ether oxygens (including phenoxy) is 1. The van der Waals surface area contributed by atoms with Crippen molar-refractivity contribution in [1.82, 2.24) is 4.90 Å². The third-order valence-electron chi connectivity index (χ3n) is 4.99. The Bertz CT molecular complexity index is 301. The van der Waals surface area contributed by atoms with Gasteiger partial charge in [-0.3, -0.25) is 4.79 Å². The Morgan fingerprint density at radius 1 is 1.21 bits per heavy atom. The normalized spacial score (nSPS) is 35.3. The second-order valence-electron chi connectivity index (χ2n) is 6.26. The highest BCUT2D eigenvalue weighted by molar-refractivity contribution is 5.76. The fourth-order valence-corrected chi connectivity index (χ4v) is 3.48. The molecule has 2 fully saturated rings. The molecule has 1 saturated carbocycles. The molecule has 1 aliphatic heterocycles. The molecular formula is C15H28N2O2. The van der Waals surface area contributed by atoms with Gasteiger partial charge in [-0.05, 0) is 57.4 Å². The van der Waals surface area contributed by atoms with Crippen LogP contribution in [-0.4, -0.2) is 43.2 Å². The van der Waals surface area contributed by atoms with Crippen LogP contribution in [0.3, 0.4) is 0 Å². The van der Waals surface area contributed by atoms with Crippen molar-refractivity contribution in [1.29, 1.82) is 0 Å². The van der Waals surface area contributed by atoms with Crippen LogP contribution in [-0.2, 0) is 9.53 Å². The number of hydrogen-bond acceptors (Lipinski definition) is 3. The van der Waals surface area contributed by atoms with E-state index >= 15 is 0 Å². The average molecular weight is 268 g/mol. The lowest BCUT2D eigenvalue weighted by molar-refractivity contribution is -0.134. The summed E-state index contributed by atoms with van der Waals surface area (Å²) < 4.78 is 5.55. The summed E-state index contributed by atoms with van der Waals surface area (Å²) in [4.78, 5) is 14.3. The maximum absolute atomic E-state index is 12.3. The summed E-state index contributed by atoms with van der Waals surface area (Å²) in [6.45, 7) is 3.65. The first kappa shape index (κ1) is 14.8. The van der Waals surface area contributed by atoms with Crippen LogP contribution in [0.25, 0.3) is 0 Å². The zero-order valence-corrected chi connectivity index (χ0v) is 12.3. The highest BCUT2D eigenvalue weighted by Crippen LogP contribution is 2.31. The molecule has 0 bridgehead atoms. The Balaban J connectivity index is 1.77. The summed E-state index contributed by atoms with van der Waals surface area (Å²) in [5, 5.41) is 0. The topological polar surface area (TPSA) is 55.6 Å². The van der Waals surface area contributed by atoms with E-state index in [-0.39, 0.29) is 12.1 Å². The van der Waals surface area contributed by atoms with Crippen LogP contribution in [0.2, 0.25) is 0 Å². The van der Waals surface area contributed by atoms with E-state index in [4.69, 9.17) is 10.5 Å². The number of rotatable bonds is 4. The molecule has 0 spiro atoms. The molecular weight excluding hydrogens is 240 g/mol. The lowest BCUT2D eigenvalue weighted by Gasteiger charge is -2.31. The highest BCUT2D eigenvalue weighted by Gasteiger charge is 2.32. The molecule has 110 valence electrons. The van der Waals surface area contributed by atoms with Gasteiger partial charge in [-0.2, -0.15) is 0 Å². The number of likely N-dealkylation sites (N-methyl/N-ethyl adjacent to an activating group) is 1. The minimum atomic E-state index is 0.182. The van der Waals surface area contributed by atoms with Crippen molar-refractivity contribution in [3.8, 4) is 0 Å². The zero-order chi connectivity index (χ0) is 13.8. The van der Waals surface area contributed by atoms with Gasteiger partial charge < -0.3 is 15.4 Å². The van der Waals surface area contributed by atoms with Gasteiger partial charge in [0.15, 0.2) is 0 Å². The van der Waals surface area contributed by atoms with Gasteiger partial charge in [0.2, 0.25) is 5.91 Å². The Hall–Kier alpha value is -0.610. The van der Waals surface area contributed by atoms with E-state index in [9.17, 15) is 4.79 Å². The van der Waals surface area contributed by atoms with Gasteiger partial charge in [0.05, 0.1) is 12.1 Å². The first-order valence-corrected chi connectivity index (χ1v) is 7.69. The minimum absolute atomic E-state index is 0.182. The van der Waals surface area contributed by atoms with Gasteiger partial charge in [0, 0.05) is 20.1 Å². The van der Waals surface area contributed by atoms with Crippen molar-refractivity contribution in [3.63, 3.8) is 0 Å². The summed E-state index contributed by atoms with van der Waals surface area (Å²) in [5.74, 6) is 1.54. The standard InChI is InChI=1S/C15H28N2O2/c1-11-14(7-8-19-11)17(2)15(18)9-12-3-5-13(10-16)6-4-12/h11-14H,3-10,16H2,1-2H3. The van der Waals surface area contributed by atoms with Crippen molar-refractivity contribution < 1.29 is 9.53 Å². The van der Waals surface area contributed by atoms with Gasteiger partial charge in [0.25, 0.3) is 0 Å². The molecule has 1 heterocycles. The Labute approximate surface area is 116 Å². The molecule has 0 aromatic heterocycles. The first-order valence-electron chi connectivity index (χ1n) is 7.69. The highest BCUT2D eigenvalue weighted by atomic mass is 16.5. The molecule has 2 N–H and O–H groups in total. The Morgan fingerprint density at radius 2 is 1.84 bits per heavy atom. The van der Waals surface area contributed by atoms with E-state index in [0.717, 1.165) is 32.4 Å². The molecule has 2 atom stereocenters. The molecule has 2 rings (SSSR count). The molecule has 1 saturated heterocycles. The first-order chi connectivity index (χ1) is 9.11. The number of amides is 1. The molecule has 1 aliphatic carbocycles. The van der Waals surface area contributed by atoms with Crippen LogP contribution in [0.5, 0.6) is 0 Å². The quantitative estimate of drug-likeness (QED) is 0.845. The third-order valence-corrected chi connectivity index (χ3v) is 4.99. The number of carbonyl (C=O) groups excluding carboxylic acids is 1. The van der Waals surface area contributed by atoms with Crippen molar-refractivity contribution in [3.05, 3.63) is 0 Å². The second-order valence-corrected chi connectivity index (χ2v) is 6.26. The maximum Gasteiger partial charge on any atom is 0.222 e. The van der Waals surface area contributed by atoms with Gasteiger partial charge in [-0.15, -0.1) is 0 Å². The van der Waals surface area contributed by atoms with Crippen molar-refractivity contribution in [2.45, 2.75) is 57.6 Å². The number of nitrogens with two attached hydrogens (primary N) is 1. The Morgan fingerprint density at radius 3 is 2.37 bits per heavy atom. The van der Waals surface area contributed by atoms with Gasteiger partial charge in [-0.1, -0.05) is 0 Å². The molecule has 0 aromatic rings. The smallest absolute Gasteiger partial charge is 0.222 e. The summed E-state index contributed by atoms with van der Waals surface area (Å²) in [6.07, 6.45) is 6.58. The van der Waals surface area contributed by atoms with Gasteiger partial charge >= 0.3 is 0 Å². The number of hydrogen-bond donors (Lipinski definition) is 1. The van der Waals surface area contributed by atoms with Crippen LogP contribution in [0, 0.1) is 11.8 Å². The monoisotopic (exact) mass is 268 g/mol. The van der Waals surface area contributed by atoms with Crippen LogP contribution in [0.4, 0.5) is 0 Å². The predicted octanol–water partition coefficient (Wildman–Crippen LogP) is 1.78. The Kier molecular flexibility index (Phi) is 5.22. The molecule has 2 aliphatic rings. The van der Waals surface area contributed by atoms with Crippen molar-refractivity contribution in [2.75, 3.05) is 20.2 Å². The molecule has 0 aromatic carbocycles. The fraction of sp³-hybridized carbons (Fsp3) is 0.933. The average Bonchev–Trinajstić information content (AvgIpc) is 2.85. The van der Waals surface area contributed by atoms with Crippen LogP contribution in [0.15, 0.2) is 0 Å². The van der Waals surface area contributed by atoms with Crippen molar-refractivity contribution in [2.24, 2.45) is 17.6 Å². The van der Waals surface area contributed by atoms with E-state index in [1.165, 1.54) is 12.8 Å². The molecule has 19 heavy (non-hydrogen) atoms. The summed E-state index contributed by atoms with van der Waals surface area (Å²) >= 11 is 0. The summed E-state index contributed by atoms with van der Waals surface area (Å²) in [5.41, 5.74) is 5.71. The van der Waals surface area contributed by atoms with E-state index in [1.54, 1.807) is 0 Å². The van der Waals surface area contributed by atoms with Crippen LogP contribution < -0.4 is 5.73 Å². The predicted molar refractivity (Wildman–Crippen MR) is 75.7 cm³/mol. The minimum Gasteiger partial charge on any atom is -0.376 e. The molecule has 2 unspecified atom stereocenters. The lowest BCUT2D eigenvalue weighted by atomic mass is 9.80. The molecule has 4 nitrogen and oxygen atoms in total. The van der Waals surface area contributed by atoms with E-state index in [2.05, 4.69) is 6.92 Å². The van der Waals surface area contributed by atoms with Crippen LogP contribution in [0.1, 0.15) is 45.4 Å². The number of carbonyl (C=O) groups is 1. The lowest BCUT2D eigenvalue weighted by Crippen LogP contribution is -2.41. The summed E-state index contributed by atoms with van der Waals surface area (Å²) in [7, 11) is 1.93. The second kappa shape index (κ2) is 6.71. The molecule has 4 heteroatoms. The van der Waals surface area contributed by atoms with Crippen molar-refractivity contribution >= 4 is 5.91 Å². The van der Waals surface area contributed by atoms with E-state index in [1.807, 2.05) is 11.9 Å². The van der Waals surface area contributed by atoms with E-state index in [0.29, 0.717) is 24.2 Å². The molecule has 0 radical (unpaired) electrons. The van der Waals surface area contributed by atoms with Crippen LogP contribution >= 0.6 is 0 Å². The fourth-order valence-electron chi connectivity index (χ4n) is 3.48. The zero-order valence-electron chi connectivity index (χ0n) is 12.3. The summed E-state index contributed by atoms with van der Waals surface area (Å²) in [6, 6.07) is 0.271. The van der Waals surface area contributed by atoms with Gasteiger partial charge in [0.1, 0.15) is 0 Å². The SMILES string of the molecule is CC1OCCC1N(C)C(=O)CC1CCC(CN)CC1. The maximum atomic E-state index is 12.3. The number of nitrogens with zero attached hydrogens (tertiary/aromatic N) is 1. The van der Waals surface area contributed by atoms with Gasteiger partial charge in [-0.25, -0.2) is 0 Å². The molecule has 1 amide bonds.